The number of benzene rings is 1. The molecule has 0 saturated heterocycles. The number of hydrogen-bond acceptors (Lipinski definition) is 3. The predicted octanol–water partition coefficient (Wildman–Crippen LogP) is 3.07. The van der Waals surface area contributed by atoms with Crippen molar-refractivity contribution in [3.63, 3.8) is 0 Å². The molecule has 0 spiro atoms. The Kier molecular flexibility index (Phi) is 4.36. The van der Waals surface area contributed by atoms with Gasteiger partial charge in [0.25, 0.3) is 0 Å². The number of halogens is 2. The minimum atomic E-state index is -0.687. The molecule has 0 heterocycles. The number of nitriles is 1. The summed E-state index contributed by atoms with van der Waals surface area (Å²) in [6, 6.07) is 6.54. The zero-order chi connectivity index (χ0) is 12.1. The molecule has 0 aliphatic rings. The van der Waals surface area contributed by atoms with Gasteiger partial charge in [-0.1, -0.05) is 29.3 Å². The molecule has 82 valence electrons. The lowest BCUT2D eigenvalue weighted by atomic mass is 10.1. The summed E-state index contributed by atoms with van der Waals surface area (Å²) < 4.78 is 4.44. The third-order valence-electron chi connectivity index (χ3n) is 1.78. The fourth-order valence-electron chi connectivity index (χ4n) is 1.02. The van der Waals surface area contributed by atoms with Crippen LogP contribution in [0.1, 0.15) is 5.56 Å². The van der Waals surface area contributed by atoms with Crippen molar-refractivity contribution in [1.82, 2.24) is 0 Å². The number of carbonyl (C=O) groups excluding carboxylic acids is 1. The van der Waals surface area contributed by atoms with Crippen LogP contribution in [0.4, 0.5) is 0 Å². The molecule has 0 bridgehead atoms. The number of carbonyl (C=O) groups is 1. The van der Waals surface area contributed by atoms with Gasteiger partial charge >= 0.3 is 5.97 Å². The van der Waals surface area contributed by atoms with Crippen molar-refractivity contribution in [3.8, 4) is 6.07 Å². The first-order valence-electron chi connectivity index (χ1n) is 4.23. The number of ether oxygens (including phenoxy) is 1. The fraction of sp³-hybridized carbons (Fsp3) is 0.0909. The summed E-state index contributed by atoms with van der Waals surface area (Å²) in [6.07, 6.45) is 1.38. The van der Waals surface area contributed by atoms with Crippen molar-refractivity contribution in [3.05, 3.63) is 39.4 Å². The van der Waals surface area contributed by atoms with E-state index in [-0.39, 0.29) is 5.57 Å². The monoisotopic (exact) mass is 255 g/mol. The summed E-state index contributed by atoms with van der Waals surface area (Å²) in [7, 11) is 1.21. The van der Waals surface area contributed by atoms with Crippen LogP contribution in [0.3, 0.4) is 0 Å². The fourth-order valence-corrected chi connectivity index (χ4v) is 1.32. The van der Waals surface area contributed by atoms with Crippen molar-refractivity contribution in [2.75, 3.05) is 7.11 Å². The van der Waals surface area contributed by atoms with Gasteiger partial charge in [0.2, 0.25) is 0 Å². The zero-order valence-corrected chi connectivity index (χ0v) is 9.84. The third kappa shape index (κ3) is 2.99. The van der Waals surface area contributed by atoms with E-state index in [1.54, 1.807) is 24.3 Å². The Morgan fingerprint density at radius 1 is 1.44 bits per heavy atom. The van der Waals surface area contributed by atoms with Crippen molar-refractivity contribution in [2.24, 2.45) is 0 Å². The Labute approximate surface area is 103 Å². The summed E-state index contributed by atoms with van der Waals surface area (Å²) in [5.41, 5.74) is 0.511. The molecule has 0 aliphatic heterocycles. The average molecular weight is 256 g/mol. The van der Waals surface area contributed by atoms with Crippen LogP contribution in [-0.2, 0) is 9.53 Å². The van der Waals surface area contributed by atoms with Crippen molar-refractivity contribution in [1.29, 1.82) is 5.26 Å². The highest BCUT2D eigenvalue weighted by molar-refractivity contribution is 6.42. The molecule has 0 amide bonds. The highest BCUT2D eigenvalue weighted by Crippen LogP contribution is 2.23. The molecule has 0 radical (unpaired) electrons. The topological polar surface area (TPSA) is 50.1 Å². The molecule has 1 aromatic carbocycles. The maximum absolute atomic E-state index is 11.1. The molecule has 16 heavy (non-hydrogen) atoms. The second kappa shape index (κ2) is 5.55. The third-order valence-corrected chi connectivity index (χ3v) is 2.52. The SMILES string of the molecule is COC(=O)/C(C#N)=C\c1ccc(Cl)c(Cl)c1. The summed E-state index contributed by atoms with van der Waals surface area (Å²) in [6.45, 7) is 0. The van der Waals surface area contributed by atoms with E-state index in [1.165, 1.54) is 13.2 Å². The molecule has 1 aromatic rings. The van der Waals surface area contributed by atoms with Crippen LogP contribution >= 0.6 is 23.2 Å². The lowest BCUT2D eigenvalue weighted by molar-refractivity contribution is -0.135. The van der Waals surface area contributed by atoms with Gasteiger partial charge in [0.05, 0.1) is 17.2 Å². The molecule has 0 unspecified atom stereocenters. The standard InChI is InChI=1S/C11H7Cl2NO2/c1-16-11(15)8(6-14)4-7-2-3-9(12)10(13)5-7/h2-5H,1H3/b8-4-. The first kappa shape index (κ1) is 12.6. The molecule has 1 rings (SSSR count). The Balaban J connectivity index is 3.10. The normalized spacial score (nSPS) is 10.8. The molecular weight excluding hydrogens is 249 g/mol. The Bertz CT molecular complexity index is 489. The highest BCUT2D eigenvalue weighted by Gasteiger charge is 2.08. The zero-order valence-electron chi connectivity index (χ0n) is 8.33. The van der Waals surface area contributed by atoms with E-state index < -0.39 is 5.97 Å². The summed E-state index contributed by atoms with van der Waals surface area (Å²) in [5, 5.41) is 9.51. The van der Waals surface area contributed by atoms with E-state index in [4.69, 9.17) is 28.5 Å². The van der Waals surface area contributed by atoms with Gasteiger partial charge in [0.15, 0.2) is 0 Å². The second-order valence-corrected chi connectivity index (χ2v) is 3.65. The summed E-state index contributed by atoms with van der Waals surface area (Å²) >= 11 is 11.5. The van der Waals surface area contributed by atoms with Crippen LogP contribution in [-0.4, -0.2) is 13.1 Å². The summed E-state index contributed by atoms with van der Waals surface area (Å²) in [4.78, 5) is 11.1. The van der Waals surface area contributed by atoms with Crippen LogP contribution in [0.25, 0.3) is 6.08 Å². The average Bonchev–Trinajstić information content (AvgIpc) is 2.29. The Hall–Kier alpha value is -1.50. The van der Waals surface area contributed by atoms with Crippen LogP contribution in [0, 0.1) is 11.3 Å². The molecular formula is C11H7Cl2NO2. The van der Waals surface area contributed by atoms with Crippen LogP contribution in [0.2, 0.25) is 10.0 Å². The van der Waals surface area contributed by atoms with Gasteiger partial charge in [-0.2, -0.15) is 5.26 Å². The highest BCUT2D eigenvalue weighted by atomic mass is 35.5. The molecule has 3 nitrogen and oxygen atoms in total. The first-order valence-corrected chi connectivity index (χ1v) is 4.99. The van der Waals surface area contributed by atoms with E-state index in [2.05, 4.69) is 4.74 Å². The van der Waals surface area contributed by atoms with Gasteiger partial charge in [-0.25, -0.2) is 4.79 Å². The van der Waals surface area contributed by atoms with E-state index in [1.807, 2.05) is 0 Å². The number of hydrogen-bond donors (Lipinski definition) is 0. The van der Waals surface area contributed by atoms with Gasteiger partial charge in [-0.05, 0) is 23.8 Å². The molecule has 0 atom stereocenters. The van der Waals surface area contributed by atoms with Gasteiger partial charge < -0.3 is 4.74 Å². The summed E-state index contributed by atoms with van der Waals surface area (Å²) in [5.74, 6) is -0.687. The molecule has 0 fully saturated rings. The van der Waals surface area contributed by atoms with Crippen LogP contribution in [0.5, 0.6) is 0 Å². The smallest absolute Gasteiger partial charge is 0.348 e. The van der Waals surface area contributed by atoms with Crippen molar-refractivity contribution < 1.29 is 9.53 Å². The maximum atomic E-state index is 11.1. The first-order chi connectivity index (χ1) is 7.58. The van der Waals surface area contributed by atoms with Gasteiger partial charge in [-0.3, -0.25) is 0 Å². The quantitative estimate of drug-likeness (QED) is 0.464. The number of rotatable bonds is 2. The lowest BCUT2D eigenvalue weighted by Crippen LogP contribution is -2.02. The van der Waals surface area contributed by atoms with E-state index in [0.717, 1.165) is 0 Å². The predicted molar refractivity (Wildman–Crippen MR) is 62.1 cm³/mol. The molecule has 0 aliphatic carbocycles. The van der Waals surface area contributed by atoms with Crippen LogP contribution in [0.15, 0.2) is 23.8 Å². The molecule has 0 aromatic heterocycles. The van der Waals surface area contributed by atoms with E-state index in [0.29, 0.717) is 15.6 Å². The Morgan fingerprint density at radius 2 is 2.12 bits per heavy atom. The van der Waals surface area contributed by atoms with Crippen LogP contribution < -0.4 is 0 Å². The van der Waals surface area contributed by atoms with Gasteiger partial charge in [0.1, 0.15) is 11.6 Å². The largest absolute Gasteiger partial charge is 0.465 e. The van der Waals surface area contributed by atoms with E-state index in [9.17, 15) is 4.79 Å². The molecule has 5 heteroatoms. The number of esters is 1. The van der Waals surface area contributed by atoms with Gasteiger partial charge in [-0.15, -0.1) is 0 Å². The molecule has 0 saturated carbocycles. The van der Waals surface area contributed by atoms with Crippen molar-refractivity contribution in [2.45, 2.75) is 0 Å². The van der Waals surface area contributed by atoms with Crippen molar-refractivity contribution >= 4 is 35.2 Å². The second-order valence-electron chi connectivity index (χ2n) is 2.83. The minimum absolute atomic E-state index is 0.0964. The minimum Gasteiger partial charge on any atom is -0.465 e. The number of nitrogens with zero attached hydrogens (tertiary/aromatic N) is 1. The van der Waals surface area contributed by atoms with E-state index >= 15 is 0 Å². The van der Waals surface area contributed by atoms with Gasteiger partial charge in [0, 0.05) is 0 Å². The number of methoxy groups -OCH3 is 1. The lowest BCUT2D eigenvalue weighted by Gasteiger charge is -1.99. The Morgan fingerprint density at radius 3 is 2.62 bits per heavy atom. The maximum Gasteiger partial charge on any atom is 0.348 e. The molecule has 0 N–H and O–H groups in total.